The molecule has 0 fully saturated rings. The Bertz CT molecular complexity index is 405. The number of aliphatic imine (C=N–C) groups is 2. The Morgan fingerprint density at radius 2 is 2.15 bits per heavy atom. The molecular weight excluding hydrogens is 194 g/mol. The Balaban J connectivity index is 2.34. The molecule has 0 aromatic rings. The minimum absolute atomic E-state index is 0.106. The molecule has 0 aliphatic carbocycles. The fourth-order valence-corrected chi connectivity index (χ4v) is 1.16. The van der Waals surface area contributed by atoms with Crippen molar-refractivity contribution in [2.75, 3.05) is 0 Å². The average molecular weight is 198 g/mol. The molecule has 2 rings (SSSR count). The van der Waals surface area contributed by atoms with Crippen LogP contribution in [0.25, 0.3) is 0 Å². The van der Waals surface area contributed by atoms with Crippen molar-refractivity contribution < 1.29 is 4.79 Å². The molecule has 6 nitrogen and oxygen atoms in total. The van der Waals surface area contributed by atoms with Crippen LogP contribution in [0.2, 0.25) is 0 Å². The first-order valence-corrected chi connectivity index (χ1v) is 3.81. The molecule has 0 aromatic heterocycles. The van der Waals surface area contributed by atoms with E-state index in [-0.39, 0.29) is 17.4 Å². The standard InChI is InChI=1S/C6H4ClN5O/c7-6-9-3-1-2(4(8)13)11-12-5(3)10-6/h1H2,(H2,8,13). The molecule has 7 heteroatoms. The van der Waals surface area contributed by atoms with Gasteiger partial charge in [-0.15, -0.1) is 10.2 Å². The Kier molecular flexibility index (Phi) is 1.70. The first kappa shape index (κ1) is 8.06. The third-order valence-corrected chi connectivity index (χ3v) is 1.74. The van der Waals surface area contributed by atoms with Crippen LogP contribution in [0.3, 0.4) is 0 Å². The van der Waals surface area contributed by atoms with Gasteiger partial charge < -0.3 is 5.73 Å². The largest absolute Gasteiger partial charge is 0.364 e. The normalized spacial score (nSPS) is 19.8. The lowest BCUT2D eigenvalue weighted by Crippen LogP contribution is -2.29. The van der Waals surface area contributed by atoms with Crippen LogP contribution in [0.1, 0.15) is 6.42 Å². The number of nitrogens with two attached hydrogens (primary N) is 1. The molecule has 66 valence electrons. The van der Waals surface area contributed by atoms with Crippen molar-refractivity contribution in [3.8, 4) is 0 Å². The van der Waals surface area contributed by atoms with Crippen LogP contribution >= 0.6 is 11.6 Å². The maximum atomic E-state index is 10.7. The highest BCUT2D eigenvalue weighted by Crippen LogP contribution is 2.11. The second kappa shape index (κ2) is 2.74. The van der Waals surface area contributed by atoms with E-state index in [1.54, 1.807) is 0 Å². The van der Waals surface area contributed by atoms with Crippen LogP contribution in [0, 0.1) is 0 Å². The second-order valence-corrected chi connectivity index (χ2v) is 2.79. The van der Waals surface area contributed by atoms with Crippen LogP contribution in [0.15, 0.2) is 20.2 Å². The summed E-state index contributed by atoms with van der Waals surface area (Å²) in [5.41, 5.74) is 5.73. The summed E-state index contributed by atoms with van der Waals surface area (Å²) in [6.07, 6.45) is 0.244. The molecule has 2 aliphatic rings. The molecule has 0 saturated carbocycles. The van der Waals surface area contributed by atoms with Crippen molar-refractivity contribution in [2.24, 2.45) is 25.9 Å². The minimum atomic E-state index is -0.603. The van der Waals surface area contributed by atoms with Gasteiger partial charge in [-0.3, -0.25) is 4.79 Å². The summed E-state index contributed by atoms with van der Waals surface area (Å²) in [6.45, 7) is 0. The molecule has 0 bridgehead atoms. The molecule has 0 aromatic carbocycles. The summed E-state index contributed by atoms with van der Waals surface area (Å²) in [6, 6.07) is 0. The number of primary amides is 1. The van der Waals surface area contributed by atoms with Gasteiger partial charge in [0.05, 0.1) is 5.71 Å². The fourth-order valence-electron chi connectivity index (χ4n) is 0.975. The minimum Gasteiger partial charge on any atom is -0.364 e. The fraction of sp³-hybridized carbons (Fsp3) is 0.167. The molecule has 2 heterocycles. The second-order valence-electron chi connectivity index (χ2n) is 2.45. The van der Waals surface area contributed by atoms with Crippen molar-refractivity contribution in [1.29, 1.82) is 0 Å². The monoisotopic (exact) mass is 197 g/mol. The first-order valence-electron chi connectivity index (χ1n) is 3.43. The molecule has 0 atom stereocenters. The van der Waals surface area contributed by atoms with E-state index in [2.05, 4.69) is 20.2 Å². The lowest BCUT2D eigenvalue weighted by Gasteiger charge is -2.04. The van der Waals surface area contributed by atoms with E-state index in [4.69, 9.17) is 17.3 Å². The number of amidine groups is 2. The highest BCUT2D eigenvalue weighted by Gasteiger charge is 2.24. The maximum absolute atomic E-state index is 10.7. The van der Waals surface area contributed by atoms with Gasteiger partial charge in [0.2, 0.25) is 5.29 Å². The number of nitrogens with zero attached hydrogens (tertiary/aromatic N) is 4. The molecule has 13 heavy (non-hydrogen) atoms. The molecular formula is C6H4ClN5O. The van der Waals surface area contributed by atoms with Gasteiger partial charge in [0.1, 0.15) is 5.71 Å². The lowest BCUT2D eigenvalue weighted by atomic mass is 10.1. The van der Waals surface area contributed by atoms with Gasteiger partial charge in [-0.1, -0.05) is 0 Å². The molecule has 1 amide bonds. The van der Waals surface area contributed by atoms with Gasteiger partial charge in [0, 0.05) is 6.42 Å². The third kappa shape index (κ3) is 1.35. The number of halogens is 1. The number of carbonyl (C=O) groups is 1. The molecule has 0 radical (unpaired) electrons. The van der Waals surface area contributed by atoms with Gasteiger partial charge in [-0.2, -0.15) is 4.99 Å². The van der Waals surface area contributed by atoms with Crippen LogP contribution in [-0.4, -0.2) is 28.5 Å². The quantitative estimate of drug-likeness (QED) is 0.573. The number of rotatable bonds is 1. The summed E-state index contributed by atoms with van der Waals surface area (Å²) >= 11 is 5.53. The van der Waals surface area contributed by atoms with E-state index in [9.17, 15) is 4.79 Å². The maximum Gasteiger partial charge on any atom is 0.265 e. The van der Waals surface area contributed by atoms with Crippen molar-refractivity contribution in [3.63, 3.8) is 0 Å². The zero-order chi connectivity index (χ0) is 9.42. The van der Waals surface area contributed by atoms with Crippen molar-refractivity contribution in [2.45, 2.75) is 6.42 Å². The first-order chi connectivity index (χ1) is 6.16. The van der Waals surface area contributed by atoms with Gasteiger partial charge in [-0.25, -0.2) is 4.99 Å². The Labute approximate surface area is 77.9 Å². The highest BCUT2D eigenvalue weighted by atomic mass is 35.5. The van der Waals surface area contributed by atoms with E-state index in [1.165, 1.54) is 0 Å². The van der Waals surface area contributed by atoms with Crippen molar-refractivity contribution in [1.82, 2.24) is 0 Å². The lowest BCUT2D eigenvalue weighted by molar-refractivity contribution is -0.112. The molecule has 0 saturated heterocycles. The van der Waals surface area contributed by atoms with Crippen molar-refractivity contribution >= 4 is 40.1 Å². The van der Waals surface area contributed by atoms with Crippen LogP contribution < -0.4 is 5.73 Å². The zero-order valence-electron chi connectivity index (χ0n) is 6.36. The van der Waals surface area contributed by atoms with Crippen LogP contribution in [0.5, 0.6) is 0 Å². The summed E-state index contributed by atoms with van der Waals surface area (Å²) in [7, 11) is 0. The predicted octanol–water partition coefficient (Wildman–Crippen LogP) is -0.321. The third-order valence-electron chi connectivity index (χ3n) is 1.57. The number of hydrogen-bond acceptors (Lipinski definition) is 5. The topological polar surface area (TPSA) is 92.5 Å². The summed E-state index contributed by atoms with van der Waals surface area (Å²) in [5, 5.41) is 7.34. The Morgan fingerprint density at radius 1 is 1.38 bits per heavy atom. The molecule has 2 aliphatic heterocycles. The van der Waals surface area contributed by atoms with Gasteiger partial charge in [0.15, 0.2) is 5.84 Å². The molecule has 2 N–H and O–H groups in total. The predicted molar refractivity (Wildman–Crippen MR) is 49.4 cm³/mol. The highest BCUT2D eigenvalue weighted by molar-refractivity contribution is 6.71. The number of fused-ring (bicyclic) bond motifs is 1. The number of amides is 1. The Hall–Kier alpha value is -1.56. The SMILES string of the molecule is NC(=O)C1=NN=C2N=C(Cl)N=C2C1. The van der Waals surface area contributed by atoms with Gasteiger partial charge in [-0.05, 0) is 11.6 Å². The number of carbonyl (C=O) groups excluding carboxylic acids is 1. The zero-order valence-corrected chi connectivity index (χ0v) is 7.12. The van der Waals surface area contributed by atoms with E-state index >= 15 is 0 Å². The molecule has 0 spiro atoms. The van der Waals surface area contributed by atoms with Gasteiger partial charge in [0.25, 0.3) is 5.91 Å². The van der Waals surface area contributed by atoms with E-state index < -0.39 is 5.91 Å². The number of hydrogen-bond donors (Lipinski definition) is 1. The van der Waals surface area contributed by atoms with Gasteiger partial charge >= 0.3 is 0 Å². The summed E-state index contributed by atoms with van der Waals surface area (Å²) < 4.78 is 0. The Morgan fingerprint density at radius 3 is 2.85 bits per heavy atom. The van der Waals surface area contributed by atoms with E-state index in [1.807, 2.05) is 0 Å². The summed E-state index contributed by atoms with van der Waals surface area (Å²) in [4.78, 5) is 18.4. The average Bonchev–Trinajstić information content (AvgIpc) is 2.42. The molecule has 0 unspecified atom stereocenters. The van der Waals surface area contributed by atoms with E-state index in [0.29, 0.717) is 11.5 Å². The van der Waals surface area contributed by atoms with E-state index in [0.717, 1.165) is 0 Å². The van der Waals surface area contributed by atoms with Crippen molar-refractivity contribution in [3.05, 3.63) is 0 Å². The van der Waals surface area contributed by atoms with Crippen LogP contribution in [-0.2, 0) is 4.79 Å². The smallest absolute Gasteiger partial charge is 0.265 e. The summed E-state index contributed by atoms with van der Waals surface area (Å²) in [5.74, 6) is -0.247. The van der Waals surface area contributed by atoms with Crippen LogP contribution in [0.4, 0.5) is 0 Å².